The predicted molar refractivity (Wildman–Crippen MR) is 66.2 cm³/mol. The molecule has 0 fully saturated rings. The SMILES string of the molecule is S=CC1SC=CN1Cc1ccccc1. The molecule has 1 aromatic carbocycles. The van der Waals surface area contributed by atoms with Crippen LogP contribution in [0.25, 0.3) is 0 Å². The van der Waals surface area contributed by atoms with Gasteiger partial charge in [0.15, 0.2) is 0 Å². The second kappa shape index (κ2) is 4.62. The van der Waals surface area contributed by atoms with Gasteiger partial charge in [-0.15, -0.1) is 11.8 Å². The molecule has 0 radical (unpaired) electrons. The molecule has 1 aromatic rings. The van der Waals surface area contributed by atoms with Gasteiger partial charge in [0.05, 0.1) is 0 Å². The Labute approximate surface area is 93.8 Å². The van der Waals surface area contributed by atoms with Crippen molar-refractivity contribution < 1.29 is 0 Å². The van der Waals surface area contributed by atoms with E-state index in [2.05, 4.69) is 40.8 Å². The Morgan fingerprint density at radius 3 is 2.86 bits per heavy atom. The summed E-state index contributed by atoms with van der Waals surface area (Å²) >= 11 is 6.73. The van der Waals surface area contributed by atoms with E-state index in [9.17, 15) is 0 Å². The zero-order chi connectivity index (χ0) is 9.80. The number of hydrogen-bond donors (Lipinski definition) is 0. The van der Waals surface area contributed by atoms with Crippen LogP contribution in [0.2, 0.25) is 0 Å². The maximum atomic E-state index is 4.98. The fourth-order valence-electron chi connectivity index (χ4n) is 1.40. The average Bonchev–Trinajstić information content (AvgIpc) is 2.67. The molecule has 1 aliphatic heterocycles. The molecular weight excluding hydrogens is 210 g/mol. The number of thiocarbonyl (C=S) groups is 1. The molecule has 0 spiro atoms. The lowest BCUT2D eigenvalue weighted by atomic mass is 10.2. The molecule has 1 aliphatic rings. The van der Waals surface area contributed by atoms with Crippen molar-refractivity contribution in [3.63, 3.8) is 0 Å². The van der Waals surface area contributed by atoms with E-state index in [1.165, 1.54) is 5.56 Å². The van der Waals surface area contributed by atoms with E-state index in [4.69, 9.17) is 12.2 Å². The van der Waals surface area contributed by atoms with Crippen LogP contribution in [-0.2, 0) is 6.54 Å². The van der Waals surface area contributed by atoms with Gasteiger partial charge in [-0.1, -0.05) is 42.5 Å². The molecule has 14 heavy (non-hydrogen) atoms. The lowest BCUT2D eigenvalue weighted by Gasteiger charge is -2.21. The maximum Gasteiger partial charge on any atom is 0.108 e. The third kappa shape index (κ3) is 2.16. The van der Waals surface area contributed by atoms with Gasteiger partial charge in [0, 0.05) is 18.1 Å². The van der Waals surface area contributed by atoms with E-state index in [0.717, 1.165) is 6.54 Å². The van der Waals surface area contributed by atoms with Gasteiger partial charge in [0.25, 0.3) is 0 Å². The van der Waals surface area contributed by atoms with Crippen LogP contribution in [0.15, 0.2) is 41.9 Å². The summed E-state index contributed by atoms with van der Waals surface area (Å²) in [5, 5.41) is 4.23. The smallest absolute Gasteiger partial charge is 0.108 e. The second-order valence-corrected chi connectivity index (χ2v) is 4.41. The minimum atomic E-state index is 0.324. The van der Waals surface area contributed by atoms with E-state index in [1.807, 2.05) is 11.4 Å². The molecule has 0 bridgehead atoms. The van der Waals surface area contributed by atoms with Crippen LogP contribution >= 0.6 is 24.0 Å². The van der Waals surface area contributed by atoms with Crippen LogP contribution < -0.4 is 0 Å². The van der Waals surface area contributed by atoms with Crippen molar-refractivity contribution in [1.82, 2.24) is 4.90 Å². The first-order valence-corrected chi connectivity index (χ1v) is 5.88. The zero-order valence-electron chi connectivity index (χ0n) is 7.67. The zero-order valence-corrected chi connectivity index (χ0v) is 9.30. The summed E-state index contributed by atoms with van der Waals surface area (Å²) in [6.45, 7) is 0.933. The molecule has 0 amide bonds. The first-order chi connectivity index (χ1) is 6.90. The topological polar surface area (TPSA) is 3.24 Å². The van der Waals surface area contributed by atoms with Crippen LogP contribution in [-0.4, -0.2) is 15.6 Å². The van der Waals surface area contributed by atoms with Crippen molar-refractivity contribution in [1.29, 1.82) is 0 Å². The lowest BCUT2D eigenvalue weighted by molar-refractivity contribution is 0.409. The van der Waals surface area contributed by atoms with Crippen molar-refractivity contribution in [2.24, 2.45) is 0 Å². The van der Waals surface area contributed by atoms with Gasteiger partial charge in [0.1, 0.15) is 5.37 Å². The molecule has 1 nitrogen and oxygen atoms in total. The van der Waals surface area contributed by atoms with Gasteiger partial charge in [-0.05, 0) is 11.0 Å². The molecule has 72 valence electrons. The van der Waals surface area contributed by atoms with Gasteiger partial charge in [-0.2, -0.15) is 0 Å². The molecule has 2 rings (SSSR count). The first kappa shape index (κ1) is 9.74. The predicted octanol–water partition coefficient (Wildman–Crippen LogP) is 3.03. The summed E-state index contributed by atoms with van der Waals surface area (Å²) in [4.78, 5) is 2.24. The lowest BCUT2D eigenvalue weighted by Crippen LogP contribution is -2.24. The maximum absolute atomic E-state index is 4.98. The number of benzene rings is 1. The van der Waals surface area contributed by atoms with Gasteiger partial charge in [0.2, 0.25) is 0 Å². The van der Waals surface area contributed by atoms with Crippen molar-refractivity contribution in [3.8, 4) is 0 Å². The second-order valence-electron chi connectivity index (χ2n) is 3.11. The molecule has 0 N–H and O–H groups in total. The first-order valence-electron chi connectivity index (χ1n) is 4.47. The van der Waals surface area contributed by atoms with E-state index >= 15 is 0 Å². The molecule has 0 aromatic heterocycles. The Kier molecular flexibility index (Phi) is 3.22. The quantitative estimate of drug-likeness (QED) is 0.722. The highest BCUT2D eigenvalue weighted by Crippen LogP contribution is 2.25. The number of rotatable bonds is 3. The Balaban J connectivity index is 2.04. The van der Waals surface area contributed by atoms with E-state index in [-0.39, 0.29) is 0 Å². The Hall–Kier alpha value is -0.800. The van der Waals surface area contributed by atoms with Gasteiger partial charge >= 0.3 is 0 Å². The van der Waals surface area contributed by atoms with Crippen LogP contribution in [0.3, 0.4) is 0 Å². The highest BCUT2D eigenvalue weighted by atomic mass is 32.2. The fraction of sp³-hybridized carbons (Fsp3) is 0.182. The molecule has 1 atom stereocenters. The van der Waals surface area contributed by atoms with E-state index in [0.29, 0.717) is 5.37 Å². The van der Waals surface area contributed by atoms with Gasteiger partial charge in [-0.25, -0.2) is 0 Å². The standard InChI is InChI=1S/C11H11NS2/c13-9-11-12(6-7-14-11)8-10-4-2-1-3-5-10/h1-7,9,11H,8H2. The number of thioether (sulfide) groups is 1. The Bertz CT molecular complexity index is 334. The molecule has 0 saturated carbocycles. The van der Waals surface area contributed by atoms with Crippen molar-refractivity contribution >= 4 is 29.3 Å². The summed E-state index contributed by atoms with van der Waals surface area (Å²) < 4.78 is 0. The number of hydrogen-bond acceptors (Lipinski definition) is 3. The Morgan fingerprint density at radius 1 is 1.36 bits per heavy atom. The van der Waals surface area contributed by atoms with Gasteiger partial charge < -0.3 is 4.90 Å². The summed E-state index contributed by atoms with van der Waals surface area (Å²) in [6, 6.07) is 10.4. The largest absolute Gasteiger partial charge is 0.356 e. The van der Waals surface area contributed by atoms with E-state index in [1.54, 1.807) is 11.8 Å². The highest BCUT2D eigenvalue weighted by molar-refractivity contribution is 8.04. The minimum absolute atomic E-state index is 0.324. The van der Waals surface area contributed by atoms with Crippen LogP contribution in [0.1, 0.15) is 5.56 Å². The molecular formula is C11H11NS2. The summed E-state index contributed by atoms with van der Waals surface area (Å²) in [7, 11) is 0. The fourth-order valence-corrected chi connectivity index (χ4v) is 2.51. The third-order valence-electron chi connectivity index (χ3n) is 2.12. The summed E-state index contributed by atoms with van der Waals surface area (Å²) in [5.41, 5.74) is 1.32. The molecule has 1 unspecified atom stereocenters. The Morgan fingerprint density at radius 2 is 2.14 bits per heavy atom. The van der Waals surface area contributed by atoms with Gasteiger partial charge in [-0.3, -0.25) is 0 Å². The highest BCUT2D eigenvalue weighted by Gasteiger charge is 2.16. The van der Waals surface area contributed by atoms with Crippen molar-refractivity contribution in [3.05, 3.63) is 47.5 Å². The van der Waals surface area contributed by atoms with Crippen LogP contribution in [0.5, 0.6) is 0 Å². The monoisotopic (exact) mass is 221 g/mol. The molecule has 0 saturated heterocycles. The molecule has 3 heteroatoms. The van der Waals surface area contributed by atoms with E-state index < -0.39 is 0 Å². The minimum Gasteiger partial charge on any atom is -0.356 e. The van der Waals surface area contributed by atoms with Crippen molar-refractivity contribution in [2.45, 2.75) is 11.9 Å². The van der Waals surface area contributed by atoms with Crippen molar-refractivity contribution in [2.75, 3.05) is 0 Å². The van der Waals surface area contributed by atoms with Crippen LogP contribution in [0.4, 0.5) is 0 Å². The molecule has 0 aliphatic carbocycles. The average molecular weight is 221 g/mol. The third-order valence-corrected chi connectivity index (χ3v) is 3.52. The summed E-state index contributed by atoms with van der Waals surface area (Å²) in [5.74, 6) is 0. The molecule has 1 heterocycles. The number of nitrogens with zero attached hydrogens (tertiary/aromatic N) is 1. The van der Waals surface area contributed by atoms with Crippen LogP contribution in [0, 0.1) is 0 Å². The normalized spacial score (nSPS) is 20.0. The summed E-state index contributed by atoms with van der Waals surface area (Å²) in [6.07, 6.45) is 2.10.